The van der Waals surface area contributed by atoms with Gasteiger partial charge in [-0.2, -0.15) is 0 Å². The van der Waals surface area contributed by atoms with Crippen LogP contribution in [0.25, 0.3) is 0 Å². The Morgan fingerprint density at radius 3 is 1.09 bits per heavy atom. The van der Waals surface area contributed by atoms with Gasteiger partial charge in [-0.25, -0.2) is 0 Å². The lowest BCUT2D eigenvalue weighted by atomic mass is 9.95. The van der Waals surface area contributed by atoms with Crippen molar-refractivity contribution in [3.63, 3.8) is 0 Å². The fourth-order valence-electron chi connectivity index (χ4n) is 7.57. The van der Waals surface area contributed by atoms with Crippen molar-refractivity contribution in [2.24, 2.45) is 0 Å². The van der Waals surface area contributed by atoms with Gasteiger partial charge in [-0.3, -0.25) is 43.2 Å². The molecule has 384 valence electrons. The summed E-state index contributed by atoms with van der Waals surface area (Å²) >= 11 is 0. The second-order valence-corrected chi connectivity index (χ2v) is 15.7. The summed E-state index contributed by atoms with van der Waals surface area (Å²) < 4.78 is 94.0. The molecule has 3 aliphatic rings. The van der Waals surface area contributed by atoms with Gasteiger partial charge in [-0.05, 0) is 5.56 Å². The summed E-state index contributed by atoms with van der Waals surface area (Å²) in [5.74, 6) is -8.02. The molecule has 3 heterocycles. The van der Waals surface area contributed by atoms with Crippen LogP contribution < -0.4 is 0 Å². The second-order valence-electron chi connectivity index (χ2n) is 15.7. The fraction of sp³-hybridized carbons (Fsp3) is 0.659. The number of ether oxygens (including phenoxy) is 16. The monoisotopic (exact) mass is 986 g/mol. The maximum Gasteiger partial charge on any atom is 0.303 e. The molecule has 1 aromatic rings. The quantitative estimate of drug-likeness (QED) is 0.126. The summed E-state index contributed by atoms with van der Waals surface area (Å²) in [6.45, 7) is 7.32. The number of hydrogen-bond donors (Lipinski definition) is 0. The first kappa shape index (κ1) is 55.8. The maximum atomic E-state index is 12.9. The molecule has 0 bridgehead atoms. The number of hydrogen-bond acceptors (Lipinski definition) is 25. The van der Waals surface area contributed by atoms with Crippen molar-refractivity contribution < 1.29 is 119 Å². The zero-order valence-electron chi connectivity index (χ0n) is 39.6. The molecule has 15 atom stereocenters. The van der Waals surface area contributed by atoms with Crippen LogP contribution in [0, 0.1) is 0 Å². The van der Waals surface area contributed by atoms with Gasteiger partial charge in [-0.1, -0.05) is 30.3 Å². The molecule has 0 aromatic heterocycles. The average Bonchev–Trinajstić information content (AvgIpc) is 3.25. The highest BCUT2D eigenvalue weighted by atomic mass is 16.8. The van der Waals surface area contributed by atoms with Gasteiger partial charge in [0.05, 0.1) is 6.61 Å². The zero-order chi connectivity index (χ0) is 51.1. The van der Waals surface area contributed by atoms with Crippen LogP contribution in [0.1, 0.15) is 67.9 Å². The lowest BCUT2D eigenvalue weighted by Gasteiger charge is -2.51. The Balaban J connectivity index is 1.99. The largest absolute Gasteiger partial charge is 0.463 e. The molecule has 0 radical (unpaired) electrons. The first-order valence-corrected chi connectivity index (χ1v) is 21.5. The number of methoxy groups -OCH3 is 1. The lowest BCUT2D eigenvalue weighted by Crippen LogP contribution is -2.69. The SMILES string of the molecule is CO[C@@H]1O[C@H](COC(C)=O)[C@H](O[C@@H]2O[C@H](COC(C)=O)[C@H](OC(C)=O)[C@H](OC(C)=O)[C@H]2OC(C)=O)[C@H](O[C@@H]2O[C@H](COC(C)=O)[C@H](OC(C)=O)[C@H](OC(C)=O)[C@H]2OC(C)=O)[C@H]1OCc1ccccc1. The standard InChI is InChI=1S/C44H58O25/c1-20(45)55-17-30-33(59-23(4)48)37(61-25(6)50)40(63-27(8)52)43(66-30)68-35-32(19-57-22(3)47)65-42(54-10)39(58-16-29-14-12-11-13-15-29)36(35)69-44-41(64-28(9)53)38(62-26(7)51)34(60-24(5)49)31(67-44)18-56-21(2)46/h11-15,30-44H,16-19H2,1-10H3/t30-,31-,32-,33+,34+,35+,36+,37+,38+,39-,40-,41-,42-,43+,44+/m1/s1. The minimum Gasteiger partial charge on any atom is -0.463 e. The maximum absolute atomic E-state index is 12.9. The highest BCUT2D eigenvalue weighted by molar-refractivity contribution is 5.70. The van der Waals surface area contributed by atoms with Crippen LogP contribution >= 0.6 is 0 Å². The van der Waals surface area contributed by atoms with Gasteiger partial charge < -0.3 is 75.8 Å². The van der Waals surface area contributed by atoms with Crippen LogP contribution in [0.2, 0.25) is 0 Å². The Morgan fingerprint density at radius 2 is 0.725 bits per heavy atom. The molecule has 4 rings (SSSR count). The summed E-state index contributed by atoms with van der Waals surface area (Å²) in [4.78, 5) is 113. The third kappa shape index (κ3) is 16.7. The Hall–Kier alpha value is -5.83. The first-order valence-electron chi connectivity index (χ1n) is 21.5. The van der Waals surface area contributed by atoms with Crippen LogP contribution in [0.15, 0.2) is 30.3 Å². The molecular weight excluding hydrogens is 928 g/mol. The molecule has 0 spiro atoms. The van der Waals surface area contributed by atoms with Gasteiger partial charge in [0, 0.05) is 69.4 Å². The lowest BCUT2D eigenvalue weighted by molar-refractivity contribution is -0.389. The van der Waals surface area contributed by atoms with E-state index in [9.17, 15) is 43.2 Å². The summed E-state index contributed by atoms with van der Waals surface area (Å²) in [5, 5.41) is 0. The molecule has 0 aliphatic carbocycles. The van der Waals surface area contributed by atoms with Crippen molar-refractivity contribution in [2.45, 2.75) is 161 Å². The molecule has 25 heteroatoms. The zero-order valence-corrected chi connectivity index (χ0v) is 39.6. The van der Waals surface area contributed by atoms with Gasteiger partial charge in [0.15, 0.2) is 55.5 Å². The third-order valence-electron chi connectivity index (χ3n) is 10.0. The normalized spacial score (nSPS) is 30.8. The topological polar surface area (TPSA) is 301 Å². The van der Waals surface area contributed by atoms with Crippen LogP contribution in [-0.2, 0) is 126 Å². The minimum absolute atomic E-state index is 0.173. The number of benzene rings is 1. The first-order chi connectivity index (χ1) is 32.6. The predicted octanol–water partition coefficient (Wildman–Crippen LogP) is 0.443. The van der Waals surface area contributed by atoms with Gasteiger partial charge in [-0.15, -0.1) is 0 Å². The summed E-state index contributed by atoms with van der Waals surface area (Å²) in [5.41, 5.74) is 0.623. The predicted molar refractivity (Wildman–Crippen MR) is 221 cm³/mol. The van der Waals surface area contributed by atoms with E-state index in [2.05, 4.69) is 0 Å². The van der Waals surface area contributed by atoms with Crippen LogP contribution in [0.4, 0.5) is 0 Å². The van der Waals surface area contributed by atoms with E-state index < -0.39 is 166 Å². The van der Waals surface area contributed by atoms with E-state index >= 15 is 0 Å². The molecule has 3 aliphatic heterocycles. The molecule has 3 fully saturated rings. The number of esters is 9. The third-order valence-corrected chi connectivity index (χ3v) is 10.0. The number of rotatable bonds is 20. The number of carbonyl (C=O) groups is 9. The summed E-state index contributed by atoms with van der Waals surface area (Å²) in [6, 6.07) is 8.70. The molecule has 0 amide bonds. The smallest absolute Gasteiger partial charge is 0.303 e. The molecule has 1 aromatic carbocycles. The van der Waals surface area contributed by atoms with Crippen molar-refractivity contribution in [1.82, 2.24) is 0 Å². The Bertz CT molecular complexity index is 1960. The van der Waals surface area contributed by atoms with E-state index in [1.54, 1.807) is 30.3 Å². The Kier molecular flexibility index (Phi) is 21.2. The minimum atomic E-state index is -1.92. The van der Waals surface area contributed by atoms with Crippen molar-refractivity contribution >= 4 is 53.7 Å². The summed E-state index contributed by atoms with van der Waals surface area (Å²) in [6.07, 6.45) is -24.9. The van der Waals surface area contributed by atoms with Crippen molar-refractivity contribution in [3.8, 4) is 0 Å². The van der Waals surface area contributed by atoms with Crippen molar-refractivity contribution in [2.75, 3.05) is 26.9 Å². The van der Waals surface area contributed by atoms with Crippen molar-refractivity contribution in [1.29, 1.82) is 0 Å². The van der Waals surface area contributed by atoms with Crippen molar-refractivity contribution in [3.05, 3.63) is 35.9 Å². The molecule has 0 saturated carbocycles. The second kappa shape index (κ2) is 26.2. The van der Waals surface area contributed by atoms with Crippen LogP contribution in [0.3, 0.4) is 0 Å². The van der Waals surface area contributed by atoms with E-state index in [0.717, 1.165) is 62.3 Å². The fourth-order valence-corrected chi connectivity index (χ4v) is 7.57. The molecule has 69 heavy (non-hydrogen) atoms. The highest BCUT2D eigenvalue weighted by Gasteiger charge is 2.59. The molecule has 0 unspecified atom stereocenters. The molecule has 0 N–H and O–H groups in total. The Morgan fingerprint density at radius 1 is 0.391 bits per heavy atom. The van der Waals surface area contributed by atoms with Gasteiger partial charge in [0.25, 0.3) is 0 Å². The van der Waals surface area contributed by atoms with Gasteiger partial charge >= 0.3 is 53.7 Å². The highest BCUT2D eigenvalue weighted by Crippen LogP contribution is 2.38. The van der Waals surface area contributed by atoms with E-state index in [-0.39, 0.29) is 6.61 Å². The van der Waals surface area contributed by atoms with Crippen LogP contribution in [0.5, 0.6) is 0 Å². The van der Waals surface area contributed by atoms with Crippen LogP contribution in [-0.4, -0.2) is 173 Å². The molecule has 3 saturated heterocycles. The average molecular weight is 987 g/mol. The molecule has 25 nitrogen and oxygen atoms in total. The number of carbonyl (C=O) groups excluding carboxylic acids is 9. The van der Waals surface area contributed by atoms with E-state index in [1.165, 1.54) is 7.11 Å². The van der Waals surface area contributed by atoms with Gasteiger partial charge in [0.2, 0.25) is 0 Å². The van der Waals surface area contributed by atoms with E-state index in [4.69, 9.17) is 75.8 Å². The van der Waals surface area contributed by atoms with Gasteiger partial charge in [0.1, 0.15) is 56.4 Å². The van der Waals surface area contributed by atoms with E-state index in [1.807, 2.05) is 0 Å². The summed E-state index contributed by atoms with van der Waals surface area (Å²) in [7, 11) is 1.25. The Labute approximate surface area is 396 Å². The molecular formula is C44H58O25. The van der Waals surface area contributed by atoms with E-state index in [0.29, 0.717) is 5.56 Å².